The van der Waals surface area contributed by atoms with E-state index in [2.05, 4.69) is 155 Å². The summed E-state index contributed by atoms with van der Waals surface area (Å²) in [6.45, 7) is 4.68. The predicted octanol–water partition coefficient (Wildman–Crippen LogP) is 7.02. The highest BCUT2D eigenvalue weighted by atomic mass is 35.5. The monoisotopic (exact) mass is 487 g/mol. The van der Waals surface area contributed by atoms with Crippen LogP contribution in [0, 0.1) is 0 Å². The van der Waals surface area contributed by atoms with Gasteiger partial charge < -0.3 is 14.7 Å². The van der Waals surface area contributed by atoms with Crippen LogP contribution >= 0.6 is 12.4 Å². The molecule has 3 aromatic rings. The van der Waals surface area contributed by atoms with Gasteiger partial charge in [-0.2, -0.15) is 0 Å². The molecule has 1 unspecified atom stereocenters. The van der Waals surface area contributed by atoms with Crippen LogP contribution in [0.2, 0.25) is 0 Å². The third kappa shape index (κ3) is 5.26. The molecule has 0 N–H and O–H groups in total. The van der Waals surface area contributed by atoms with E-state index >= 15 is 0 Å². The van der Waals surface area contributed by atoms with Crippen LogP contribution in [0.3, 0.4) is 0 Å². The van der Waals surface area contributed by atoms with Gasteiger partial charge in [-0.1, -0.05) is 74.5 Å². The Balaban J connectivity index is 0.00000342. The molecule has 0 saturated heterocycles. The van der Waals surface area contributed by atoms with Crippen LogP contribution < -0.4 is 14.7 Å². The number of likely N-dealkylation sites (N-methyl/N-ethyl adjacent to an activating group) is 1. The molecule has 0 radical (unpaired) electrons. The van der Waals surface area contributed by atoms with Crippen LogP contribution in [0.15, 0.2) is 91.0 Å². The van der Waals surface area contributed by atoms with E-state index in [0.717, 1.165) is 0 Å². The summed E-state index contributed by atoms with van der Waals surface area (Å²) in [7, 11) is 10.5. The number of nitrogens with zero attached hydrogens (tertiary/aromatic N) is 3. The molecule has 0 aliphatic carbocycles. The second kappa shape index (κ2) is 10.6. The van der Waals surface area contributed by atoms with Gasteiger partial charge in [0.05, 0.1) is 6.04 Å². The fraction of sp³-hybridized carbons (Fsp3) is 0.290. The fourth-order valence-electron chi connectivity index (χ4n) is 4.98. The van der Waals surface area contributed by atoms with Crippen molar-refractivity contribution in [1.82, 2.24) is 0 Å². The Hall–Kier alpha value is -3.17. The number of para-hydroxylation sites is 1. The summed E-state index contributed by atoms with van der Waals surface area (Å²) >= 11 is 0. The number of hydrogen-bond acceptors (Lipinski definition) is 3. The molecule has 0 fully saturated rings. The van der Waals surface area contributed by atoms with Crippen LogP contribution in [-0.4, -0.2) is 41.3 Å². The summed E-state index contributed by atoms with van der Waals surface area (Å²) < 4.78 is 0. The molecule has 0 saturated carbocycles. The lowest BCUT2D eigenvalue weighted by atomic mass is 9.80. The van der Waals surface area contributed by atoms with E-state index in [4.69, 9.17) is 0 Å². The van der Waals surface area contributed by atoms with E-state index in [1.165, 1.54) is 39.3 Å². The molecule has 1 aliphatic rings. The zero-order valence-corrected chi connectivity index (χ0v) is 22.8. The van der Waals surface area contributed by atoms with Crippen molar-refractivity contribution < 1.29 is 0 Å². The first kappa shape index (κ1) is 26.4. The molecular weight excluding hydrogens is 450 g/mol. The van der Waals surface area contributed by atoms with Gasteiger partial charge in [-0.3, -0.25) is 0 Å². The highest BCUT2D eigenvalue weighted by Crippen LogP contribution is 2.44. The number of anilines is 3. The standard InChI is InChI=1S/C31H37N3.ClH/c1-31(2)28-12-8-9-13-29(28)34(7)30(31)14-10-11-27(23-15-19-25(20-16-23)32(3)4)24-17-21-26(22-18-24)33(5)6;/h8-22,30H,1-7H3;1H/b14-10+;. The highest BCUT2D eigenvalue weighted by molar-refractivity contribution is 5.85. The van der Waals surface area contributed by atoms with Crippen molar-refractivity contribution in [3.8, 4) is 0 Å². The molecule has 1 atom stereocenters. The molecule has 4 heteroatoms. The van der Waals surface area contributed by atoms with E-state index in [1.807, 2.05) is 0 Å². The molecule has 184 valence electrons. The third-order valence-corrected chi connectivity index (χ3v) is 7.08. The smallest absolute Gasteiger partial charge is 0.0565 e. The molecule has 0 bridgehead atoms. The molecule has 0 amide bonds. The first-order valence-corrected chi connectivity index (χ1v) is 12.0. The number of hydrogen-bond donors (Lipinski definition) is 0. The molecule has 3 aromatic carbocycles. The molecule has 3 nitrogen and oxygen atoms in total. The Morgan fingerprint density at radius 2 is 1.26 bits per heavy atom. The second-order valence-corrected chi connectivity index (χ2v) is 10.1. The minimum absolute atomic E-state index is 0. The maximum Gasteiger partial charge on any atom is 0.0565 e. The lowest BCUT2D eigenvalue weighted by molar-refractivity contribution is 0.488. The largest absolute Gasteiger partial charge is 0.378 e. The number of benzene rings is 3. The normalized spacial score (nSPS) is 16.0. The van der Waals surface area contributed by atoms with Crippen molar-refractivity contribution in [3.63, 3.8) is 0 Å². The zero-order chi connectivity index (χ0) is 24.5. The maximum atomic E-state index is 2.40. The van der Waals surface area contributed by atoms with E-state index in [1.54, 1.807) is 0 Å². The van der Waals surface area contributed by atoms with E-state index in [0.29, 0.717) is 6.04 Å². The molecular formula is C31H38ClN3. The molecule has 0 spiro atoms. The van der Waals surface area contributed by atoms with Crippen molar-refractivity contribution in [3.05, 3.63) is 108 Å². The summed E-state index contributed by atoms with van der Waals surface area (Å²) in [6.07, 6.45) is 6.86. The van der Waals surface area contributed by atoms with E-state index in [-0.39, 0.29) is 17.8 Å². The SMILES string of the molecule is CN(C)c1ccc(C(=C/C=C/C2N(C)c3ccccc3C2(C)C)c2ccc(N(C)C)cc2)cc1.Cl. The first-order valence-electron chi connectivity index (χ1n) is 12.0. The Morgan fingerprint density at radius 1 is 0.771 bits per heavy atom. The number of halogens is 1. The van der Waals surface area contributed by atoms with Crippen LogP contribution in [-0.2, 0) is 5.41 Å². The van der Waals surface area contributed by atoms with Gasteiger partial charge in [0.2, 0.25) is 0 Å². The van der Waals surface area contributed by atoms with Crippen molar-refractivity contribution in [2.75, 3.05) is 49.9 Å². The highest BCUT2D eigenvalue weighted by Gasteiger charge is 2.41. The summed E-state index contributed by atoms with van der Waals surface area (Å²) in [5.74, 6) is 0. The Bertz CT molecular complexity index is 1140. The Morgan fingerprint density at radius 3 is 1.71 bits per heavy atom. The molecule has 35 heavy (non-hydrogen) atoms. The zero-order valence-electron chi connectivity index (χ0n) is 22.0. The lowest BCUT2D eigenvalue weighted by Gasteiger charge is -2.29. The molecule has 0 aromatic heterocycles. The van der Waals surface area contributed by atoms with Gasteiger partial charge in [-0.05, 0) is 52.6 Å². The van der Waals surface area contributed by atoms with E-state index in [9.17, 15) is 0 Å². The number of rotatable bonds is 6. The van der Waals surface area contributed by atoms with Crippen molar-refractivity contribution >= 4 is 35.0 Å². The van der Waals surface area contributed by atoms with Gasteiger partial charge in [-0.15, -0.1) is 12.4 Å². The lowest BCUT2D eigenvalue weighted by Crippen LogP contribution is -2.37. The van der Waals surface area contributed by atoms with Crippen molar-refractivity contribution in [1.29, 1.82) is 0 Å². The Labute approximate surface area is 217 Å². The Kier molecular flexibility index (Phi) is 8.02. The number of fused-ring (bicyclic) bond motifs is 1. The third-order valence-electron chi connectivity index (χ3n) is 7.08. The van der Waals surface area contributed by atoms with E-state index < -0.39 is 0 Å². The second-order valence-electron chi connectivity index (χ2n) is 10.1. The number of allylic oxidation sites excluding steroid dienone is 2. The van der Waals surface area contributed by atoms with Gasteiger partial charge in [0.15, 0.2) is 0 Å². The maximum absolute atomic E-state index is 2.40. The van der Waals surface area contributed by atoms with Crippen LogP contribution in [0.25, 0.3) is 5.57 Å². The molecule has 1 aliphatic heterocycles. The quantitative estimate of drug-likeness (QED) is 0.346. The fourth-order valence-corrected chi connectivity index (χ4v) is 4.98. The van der Waals surface area contributed by atoms with Gasteiger partial charge in [0, 0.05) is 57.7 Å². The van der Waals surface area contributed by atoms with Crippen LogP contribution in [0.1, 0.15) is 30.5 Å². The van der Waals surface area contributed by atoms with Crippen molar-refractivity contribution in [2.24, 2.45) is 0 Å². The topological polar surface area (TPSA) is 9.72 Å². The average Bonchev–Trinajstić information content (AvgIpc) is 3.02. The van der Waals surface area contributed by atoms with Gasteiger partial charge >= 0.3 is 0 Å². The average molecular weight is 488 g/mol. The predicted molar refractivity (Wildman–Crippen MR) is 157 cm³/mol. The summed E-state index contributed by atoms with van der Waals surface area (Å²) in [6, 6.07) is 26.7. The summed E-state index contributed by atoms with van der Waals surface area (Å²) in [5, 5.41) is 0. The van der Waals surface area contributed by atoms with Crippen molar-refractivity contribution in [2.45, 2.75) is 25.3 Å². The van der Waals surface area contributed by atoms with Gasteiger partial charge in [0.25, 0.3) is 0 Å². The van der Waals surface area contributed by atoms with Crippen LogP contribution in [0.4, 0.5) is 17.1 Å². The minimum atomic E-state index is 0. The first-order chi connectivity index (χ1) is 16.2. The van der Waals surface area contributed by atoms with Gasteiger partial charge in [0.1, 0.15) is 0 Å². The molecule has 1 heterocycles. The minimum Gasteiger partial charge on any atom is -0.378 e. The summed E-state index contributed by atoms with van der Waals surface area (Å²) in [4.78, 5) is 6.67. The molecule has 4 rings (SSSR count). The van der Waals surface area contributed by atoms with Crippen LogP contribution in [0.5, 0.6) is 0 Å². The summed E-state index contributed by atoms with van der Waals surface area (Å²) in [5.41, 5.74) is 8.85. The van der Waals surface area contributed by atoms with Gasteiger partial charge in [-0.25, -0.2) is 0 Å².